The van der Waals surface area contributed by atoms with Crippen molar-refractivity contribution in [2.75, 3.05) is 19.5 Å². The van der Waals surface area contributed by atoms with Crippen LogP contribution in [0.2, 0.25) is 0 Å². The van der Waals surface area contributed by atoms with Crippen molar-refractivity contribution in [2.45, 2.75) is 18.8 Å². The Morgan fingerprint density at radius 2 is 1.55 bits per heavy atom. The van der Waals surface area contributed by atoms with Crippen LogP contribution in [0, 0.1) is 11.8 Å². The predicted octanol–water partition coefficient (Wildman–Crippen LogP) is 3.04. The number of piperidine rings is 1. The lowest BCUT2D eigenvalue weighted by Crippen LogP contribution is -2.48. The average molecular weight is 420 g/mol. The number of nitrogens with one attached hydrogen (secondary N) is 2. The van der Waals surface area contributed by atoms with Crippen LogP contribution in [0.5, 0.6) is 11.5 Å². The first-order chi connectivity index (χ1) is 15.0. The summed E-state index contributed by atoms with van der Waals surface area (Å²) in [5.41, 5.74) is 2.06. The van der Waals surface area contributed by atoms with Gasteiger partial charge in [-0.15, -0.1) is 0 Å². The molecule has 0 spiro atoms. The third-order valence-corrected chi connectivity index (χ3v) is 5.81. The molecule has 1 saturated heterocycles. The smallest absolute Gasteiger partial charge is 0.229 e. The second-order valence-electron chi connectivity index (χ2n) is 7.73. The number of benzene rings is 2. The number of Topliss-reactive ketones (excluding diaryl/α,β-unsaturated/α-hetero) is 1. The van der Waals surface area contributed by atoms with Crippen LogP contribution in [0.1, 0.15) is 24.3 Å². The fraction of sp³-hybridized carbons (Fsp3) is 0.292. The van der Waals surface area contributed by atoms with Crippen molar-refractivity contribution in [2.24, 2.45) is 11.8 Å². The van der Waals surface area contributed by atoms with Gasteiger partial charge in [0.1, 0.15) is 17.3 Å². The molecule has 0 unspecified atom stereocenters. The fourth-order valence-corrected chi connectivity index (χ4v) is 4.21. The van der Waals surface area contributed by atoms with Gasteiger partial charge in [0.05, 0.1) is 26.1 Å². The number of carbonyl (C=O) groups is 3. The number of anilines is 1. The predicted molar refractivity (Wildman–Crippen MR) is 115 cm³/mol. The molecule has 0 saturated carbocycles. The molecule has 1 heterocycles. The molecule has 0 bridgehead atoms. The Morgan fingerprint density at radius 1 is 0.935 bits per heavy atom. The van der Waals surface area contributed by atoms with E-state index >= 15 is 0 Å². The van der Waals surface area contributed by atoms with Crippen molar-refractivity contribution in [1.29, 1.82) is 0 Å². The number of allylic oxidation sites excluding steroid dienone is 2. The second-order valence-corrected chi connectivity index (χ2v) is 7.73. The van der Waals surface area contributed by atoms with E-state index in [2.05, 4.69) is 10.6 Å². The molecule has 160 valence electrons. The lowest BCUT2D eigenvalue weighted by molar-refractivity contribution is -0.136. The number of methoxy groups -OCH3 is 2. The van der Waals surface area contributed by atoms with E-state index in [9.17, 15) is 14.4 Å². The molecule has 3 atom stereocenters. The minimum absolute atomic E-state index is 0.0249. The van der Waals surface area contributed by atoms with E-state index < -0.39 is 11.8 Å². The van der Waals surface area contributed by atoms with E-state index in [0.717, 1.165) is 11.3 Å². The van der Waals surface area contributed by atoms with Gasteiger partial charge in [0.15, 0.2) is 0 Å². The highest BCUT2D eigenvalue weighted by atomic mass is 16.5. The molecule has 2 aromatic rings. The molecular formula is C24H24N2O5. The lowest BCUT2D eigenvalue weighted by atomic mass is 9.72. The maximum Gasteiger partial charge on any atom is 0.229 e. The Kier molecular flexibility index (Phi) is 5.75. The van der Waals surface area contributed by atoms with Crippen LogP contribution in [0.3, 0.4) is 0 Å². The van der Waals surface area contributed by atoms with E-state index in [1.165, 1.54) is 0 Å². The van der Waals surface area contributed by atoms with Crippen LogP contribution >= 0.6 is 0 Å². The summed E-state index contributed by atoms with van der Waals surface area (Å²) in [7, 11) is 3.16. The third-order valence-electron chi connectivity index (χ3n) is 5.81. The van der Waals surface area contributed by atoms with E-state index in [1.807, 2.05) is 30.3 Å². The first-order valence-electron chi connectivity index (χ1n) is 10.1. The van der Waals surface area contributed by atoms with E-state index in [-0.39, 0.29) is 36.4 Å². The maximum absolute atomic E-state index is 13.1. The molecule has 31 heavy (non-hydrogen) atoms. The van der Waals surface area contributed by atoms with Crippen LogP contribution in [-0.4, -0.2) is 31.8 Å². The zero-order valence-electron chi connectivity index (χ0n) is 17.4. The fourth-order valence-electron chi connectivity index (χ4n) is 4.21. The van der Waals surface area contributed by atoms with Crippen molar-refractivity contribution in [3.8, 4) is 11.5 Å². The summed E-state index contributed by atoms with van der Waals surface area (Å²) in [4.78, 5) is 38.4. The molecule has 1 aliphatic carbocycles. The minimum atomic E-state index is -0.744. The van der Waals surface area contributed by atoms with Gasteiger partial charge in [-0.1, -0.05) is 18.2 Å². The SMILES string of the molecule is COc1ccc(NC(=O)[C@H]2CC(=O)NC3=C[C@H](c4ccc(OC)cc4)CC(=O)[C@@H]32)cc1. The number of carbonyl (C=O) groups excluding carboxylic acids is 3. The highest BCUT2D eigenvalue weighted by molar-refractivity contribution is 6.02. The lowest BCUT2D eigenvalue weighted by Gasteiger charge is -2.36. The van der Waals surface area contributed by atoms with Crippen LogP contribution in [0.4, 0.5) is 5.69 Å². The number of ketones is 1. The number of hydrogen-bond donors (Lipinski definition) is 2. The Bertz CT molecular complexity index is 1030. The molecule has 2 aliphatic rings. The van der Waals surface area contributed by atoms with Gasteiger partial charge in [0.2, 0.25) is 11.8 Å². The van der Waals surface area contributed by atoms with E-state index in [1.54, 1.807) is 38.5 Å². The molecule has 0 radical (unpaired) electrons. The molecule has 2 aromatic carbocycles. The highest BCUT2D eigenvalue weighted by Crippen LogP contribution is 2.39. The molecule has 1 aliphatic heterocycles. The van der Waals surface area contributed by atoms with E-state index in [0.29, 0.717) is 17.1 Å². The van der Waals surface area contributed by atoms with Gasteiger partial charge in [-0.3, -0.25) is 14.4 Å². The molecular weight excluding hydrogens is 396 g/mol. The van der Waals surface area contributed by atoms with Crippen molar-refractivity contribution in [1.82, 2.24) is 5.32 Å². The van der Waals surface area contributed by atoms with Crippen molar-refractivity contribution >= 4 is 23.3 Å². The summed E-state index contributed by atoms with van der Waals surface area (Å²) in [5, 5.41) is 5.64. The second kappa shape index (κ2) is 8.63. The Balaban J connectivity index is 1.56. The molecule has 7 heteroatoms. The summed E-state index contributed by atoms with van der Waals surface area (Å²) in [5.74, 6) is -0.795. The van der Waals surface area contributed by atoms with Gasteiger partial charge in [0, 0.05) is 30.1 Å². The first-order valence-corrected chi connectivity index (χ1v) is 10.1. The topological polar surface area (TPSA) is 93.7 Å². The van der Waals surface area contributed by atoms with Gasteiger partial charge in [-0.05, 0) is 42.0 Å². The van der Waals surface area contributed by atoms with Crippen LogP contribution in [-0.2, 0) is 14.4 Å². The average Bonchev–Trinajstić information content (AvgIpc) is 2.78. The largest absolute Gasteiger partial charge is 0.497 e. The molecule has 4 rings (SSSR count). The summed E-state index contributed by atoms with van der Waals surface area (Å²) in [6.45, 7) is 0. The van der Waals surface area contributed by atoms with Crippen molar-refractivity contribution in [3.05, 3.63) is 65.9 Å². The van der Waals surface area contributed by atoms with Crippen LogP contribution < -0.4 is 20.1 Å². The number of amides is 2. The molecule has 2 N–H and O–H groups in total. The third kappa shape index (κ3) is 4.30. The molecule has 1 fully saturated rings. The zero-order valence-corrected chi connectivity index (χ0v) is 17.4. The number of fused-ring (bicyclic) bond motifs is 1. The summed E-state index contributed by atoms with van der Waals surface area (Å²) in [6, 6.07) is 14.4. The standard InChI is InChI=1S/C24H24N2O5/c1-30-17-7-3-14(4-8-17)15-11-20-23(21(27)12-15)19(13-22(28)26-20)24(29)25-16-5-9-18(31-2)10-6-16/h3-11,15,19,23H,12-13H2,1-2H3,(H,25,29)(H,26,28)/t15-,19-,23+/m0/s1. The van der Waals surface area contributed by atoms with Crippen molar-refractivity contribution < 1.29 is 23.9 Å². The van der Waals surface area contributed by atoms with Crippen LogP contribution in [0.15, 0.2) is 60.3 Å². The maximum atomic E-state index is 13.1. The van der Waals surface area contributed by atoms with Gasteiger partial charge >= 0.3 is 0 Å². The number of ether oxygens (including phenoxy) is 2. The Labute approximate surface area is 180 Å². The van der Waals surface area contributed by atoms with Gasteiger partial charge in [0.25, 0.3) is 0 Å². The molecule has 2 amide bonds. The summed E-state index contributed by atoms with van der Waals surface area (Å²) >= 11 is 0. The monoisotopic (exact) mass is 420 g/mol. The van der Waals surface area contributed by atoms with E-state index in [4.69, 9.17) is 9.47 Å². The minimum Gasteiger partial charge on any atom is -0.497 e. The number of hydrogen-bond acceptors (Lipinski definition) is 5. The first kappa shape index (κ1) is 20.7. The quantitative estimate of drug-likeness (QED) is 0.776. The normalized spacial score (nSPS) is 22.6. The number of rotatable bonds is 5. The molecule has 7 nitrogen and oxygen atoms in total. The van der Waals surface area contributed by atoms with Crippen molar-refractivity contribution in [3.63, 3.8) is 0 Å². The highest BCUT2D eigenvalue weighted by Gasteiger charge is 2.44. The summed E-state index contributed by atoms with van der Waals surface area (Å²) < 4.78 is 10.3. The zero-order chi connectivity index (χ0) is 22.0. The van der Waals surface area contributed by atoms with Gasteiger partial charge in [-0.25, -0.2) is 0 Å². The van der Waals surface area contributed by atoms with Crippen LogP contribution in [0.25, 0.3) is 0 Å². The van der Waals surface area contributed by atoms with Gasteiger partial charge < -0.3 is 20.1 Å². The Morgan fingerprint density at radius 3 is 2.16 bits per heavy atom. The Hall–Kier alpha value is -3.61. The van der Waals surface area contributed by atoms with Gasteiger partial charge in [-0.2, -0.15) is 0 Å². The summed E-state index contributed by atoms with van der Waals surface area (Å²) in [6.07, 6.45) is 2.16. The molecule has 0 aromatic heterocycles.